The number of sulfonamides is 1. The third-order valence-corrected chi connectivity index (χ3v) is 6.11. The highest BCUT2D eigenvalue weighted by Gasteiger charge is 2.14. The highest BCUT2D eigenvalue weighted by molar-refractivity contribution is 7.92. The van der Waals surface area contributed by atoms with Gasteiger partial charge in [0.2, 0.25) is 0 Å². The lowest BCUT2D eigenvalue weighted by Gasteiger charge is -2.09. The molecule has 0 saturated heterocycles. The van der Waals surface area contributed by atoms with Crippen molar-refractivity contribution in [1.82, 2.24) is 9.97 Å². The van der Waals surface area contributed by atoms with Gasteiger partial charge in [-0.1, -0.05) is 23.7 Å². The van der Waals surface area contributed by atoms with Gasteiger partial charge in [-0.05, 0) is 60.7 Å². The molecule has 0 spiro atoms. The standard InChI is InChI=1S/C22H16ClN3O4S/c23-15-7-11-17(12-8-15)31(29,30)26-16-9-5-14(6-10-16)21(27)13-20-22(28)25-19-4-2-1-3-18(19)24-20/h1-13,26-27H,(H,25,28)/b21-13-. The van der Waals surface area contributed by atoms with Crippen LogP contribution in [0.3, 0.4) is 0 Å². The normalized spacial score (nSPS) is 12.1. The molecule has 0 aliphatic heterocycles. The second-order valence-corrected chi connectivity index (χ2v) is 8.75. The molecule has 156 valence electrons. The van der Waals surface area contributed by atoms with Crippen molar-refractivity contribution in [1.29, 1.82) is 0 Å². The quantitative estimate of drug-likeness (QED) is 0.387. The first kappa shape index (κ1) is 20.6. The van der Waals surface area contributed by atoms with Crippen molar-refractivity contribution in [3.8, 4) is 0 Å². The van der Waals surface area contributed by atoms with E-state index in [0.29, 0.717) is 27.3 Å². The first-order chi connectivity index (χ1) is 14.8. The maximum Gasteiger partial charge on any atom is 0.274 e. The summed E-state index contributed by atoms with van der Waals surface area (Å²) in [5, 5.41) is 10.9. The van der Waals surface area contributed by atoms with E-state index in [0.717, 1.165) is 0 Å². The van der Waals surface area contributed by atoms with E-state index in [1.165, 1.54) is 54.6 Å². The van der Waals surface area contributed by atoms with Crippen molar-refractivity contribution in [2.24, 2.45) is 0 Å². The summed E-state index contributed by atoms with van der Waals surface area (Å²) in [7, 11) is -3.78. The van der Waals surface area contributed by atoms with Gasteiger partial charge in [-0.3, -0.25) is 9.52 Å². The molecule has 1 heterocycles. The molecule has 1 aromatic heterocycles. The number of nitrogens with one attached hydrogen (secondary N) is 2. The van der Waals surface area contributed by atoms with Gasteiger partial charge in [-0.2, -0.15) is 0 Å². The van der Waals surface area contributed by atoms with E-state index < -0.39 is 15.6 Å². The van der Waals surface area contributed by atoms with Crippen molar-refractivity contribution in [2.45, 2.75) is 4.90 Å². The van der Waals surface area contributed by atoms with Crippen molar-refractivity contribution in [3.05, 3.63) is 99.4 Å². The summed E-state index contributed by atoms with van der Waals surface area (Å²) in [6.07, 6.45) is 1.26. The zero-order chi connectivity index (χ0) is 22.0. The van der Waals surface area contributed by atoms with E-state index >= 15 is 0 Å². The Balaban J connectivity index is 1.57. The maximum atomic E-state index is 12.5. The zero-order valence-electron chi connectivity index (χ0n) is 15.9. The number of aliphatic hydroxyl groups is 1. The molecule has 0 saturated carbocycles. The Hall–Kier alpha value is -3.62. The van der Waals surface area contributed by atoms with Gasteiger partial charge in [-0.25, -0.2) is 13.4 Å². The summed E-state index contributed by atoms with van der Waals surface area (Å²) in [5.74, 6) is -0.180. The molecule has 3 aromatic carbocycles. The number of aliphatic hydroxyl groups excluding tert-OH is 1. The van der Waals surface area contributed by atoms with Crippen LogP contribution in [-0.2, 0) is 10.0 Å². The predicted octanol–water partition coefficient (Wildman–Crippen LogP) is 4.43. The van der Waals surface area contributed by atoms with Crippen LogP contribution in [0.1, 0.15) is 11.3 Å². The zero-order valence-corrected chi connectivity index (χ0v) is 17.5. The molecule has 0 bridgehead atoms. The van der Waals surface area contributed by atoms with Crippen LogP contribution in [0.15, 0.2) is 82.5 Å². The Kier molecular flexibility index (Phi) is 5.50. The topological polar surface area (TPSA) is 112 Å². The fourth-order valence-corrected chi connectivity index (χ4v) is 4.08. The summed E-state index contributed by atoms with van der Waals surface area (Å²) in [4.78, 5) is 19.3. The molecule has 0 aliphatic rings. The summed E-state index contributed by atoms with van der Waals surface area (Å²) in [6, 6.07) is 18.9. The van der Waals surface area contributed by atoms with Crippen LogP contribution < -0.4 is 10.3 Å². The van der Waals surface area contributed by atoms with E-state index in [1.807, 2.05) is 0 Å². The number of fused-ring (bicyclic) bond motifs is 1. The number of aromatic amines is 1. The molecule has 0 fully saturated rings. The molecule has 3 N–H and O–H groups in total. The molecule has 4 aromatic rings. The smallest absolute Gasteiger partial charge is 0.274 e. The number of hydrogen-bond acceptors (Lipinski definition) is 5. The highest BCUT2D eigenvalue weighted by Crippen LogP contribution is 2.21. The Bertz CT molecular complexity index is 1450. The molecule has 0 unspecified atom stereocenters. The first-order valence-electron chi connectivity index (χ1n) is 9.10. The minimum absolute atomic E-state index is 0.0590. The van der Waals surface area contributed by atoms with Gasteiger partial charge in [0.25, 0.3) is 15.6 Å². The Morgan fingerprint density at radius 3 is 2.39 bits per heavy atom. The molecular formula is C22H16ClN3O4S. The van der Waals surface area contributed by atoms with E-state index in [1.54, 1.807) is 24.3 Å². The fraction of sp³-hybridized carbons (Fsp3) is 0. The van der Waals surface area contributed by atoms with Gasteiger partial charge in [0.1, 0.15) is 11.5 Å². The lowest BCUT2D eigenvalue weighted by Crippen LogP contribution is -2.12. The van der Waals surface area contributed by atoms with Crippen molar-refractivity contribution >= 4 is 50.2 Å². The SMILES string of the molecule is O=c1[nH]c2ccccc2nc1/C=C(\O)c1ccc(NS(=O)(=O)c2ccc(Cl)cc2)cc1. The van der Waals surface area contributed by atoms with E-state index in [2.05, 4.69) is 14.7 Å². The molecular weight excluding hydrogens is 438 g/mol. The van der Waals surface area contributed by atoms with Crippen LogP contribution in [-0.4, -0.2) is 23.5 Å². The first-order valence-corrected chi connectivity index (χ1v) is 11.0. The number of anilines is 1. The lowest BCUT2D eigenvalue weighted by atomic mass is 10.1. The fourth-order valence-electron chi connectivity index (χ4n) is 2.89. The number of hydrogen-bond donors (Lipinski definition) is 3. The van der Waals surface area contributed by atoms with Crippen LogP contribution in [0.5, 0.6) is 0 Å². The second-order valence-electron chi connectivity index (χ2n) is 6.63. The number of aromatic nitrogens is 2. The minimum atomic E-state index is -3.78. The third-order valence-electron chi connectivity index (χ3n) is 4.46. The van der Waals surface area contributed by atoms with E-state index in [4.69, 9.17) is 11.6 Å². The Morgan fingerprint density at radius 2 is 1.68 bits per heavy atom. The molecule has 0 atom stereocenters. The molecule has 4 rings (SSSR count). The van der Waals surface area contributed by atoms with Crippen molar-refractivity contribution in [3.63, 3.8) is 0 Å². The predicted molar refractivity (Wildman–Crippen MR) is 122 cm³/mol. The number of nitrogens with zero attached hydrogens (tertiary/aromatic N) is 1. The Morgan fingerprint density at radius 1 is 1.00 bits per heavy atom. The molecule has 0 radical (unpaired) electrons. The van der Waals surface area contributed by atoms with Crippen LogP contribution in [0.2, 0.25) is 5.02 Å². The monoisotopic (exact) mass is 453 g/mol. The molecule has 0 amide bonds. The molecule has 7 nitrogen and oxygen atoms in total. The van der Waals surface area contributed by atoms with Crippen molar-refractivity contribution < 1.29 is 13.5 Å². The van der Waals surface area contributed by atoms with Gasteiger partial charge < -0.3 is 10.1 Å². The van der Waals surface area contributed by atoms with Crippen LogP contribution in [0, 0.1) is 0 Å². The number of H-pyrrole nitrogens is 1. The van der Waals surface area contributed by atoms with Gasteiger partial charge in [0.15, 0.2) is 0 Å². The minimum Gasteiger partial charge on any atom is -0.507 e. The molecule has 0 aliphatic carbocycles. The summed E-state index contributed by atoms with van der Waals surface area (Å²) >= 11 is 5.80. The average Bonchev–Trinajstić information content (AvgIpc) is 2.75. The van der Waals surface area contributed by atoms with Gasteiger partial charge in [0.05, 0.1) is 15.9 Å². The third kappa shape index (κ3) is 4.60. The number of para-hydroxylation sites is 2. The lowest BCUT2D eigenvalue weighted by molar-refractivity contribution is 0.515. The molecule has 9 heteroatoms. The number of rotatable bonds is 5. The van der Waals surface area contributed by atoms with Crippen molar-refractivity contribution in [2.75, 3.05) is 4.72 Å². The molecule has 31 heavy (non-hydrogen) atoms. The number of halogens is 1. The van der Waals surface area contributed by atoms with Gasteiger partial charge in [0, 0.05) is 22.3 Å². The van der Waals surface area contributed by atoms with Gasteiger partial charge in [-0.15, -0.1) is 0 Å². The van der Waals surface area contributed by atoms with Crippen LogP contribution in [0.4, 0.5) is 5.69 Å². The van der Waals surface area contributed by atoms with Crippen LogP contribution in [0.25, 0.3) is 22.9 Å². The average molecular weight is 454 g/mol. The van der Waals surface area contributed by atoms with E-state index in [9.17, 15) is 18.3 Å². The number of benzene rings is 3. The maximum absolute atomic E-state index is 12.5. The largest absolute Gasteiger partial charge is 0.507 e. The Labute approximate surface area is 182 Å². The summed E-state index contributed by atoms with van der Waals surface area (Å²) in [6.45, 7) is 0. The summed E-state index contributed by atoms with van der Waals surface area (Å²) < 4.78 is 27.4. The van der Waals surface area contributed by atoms with Crippen LogP contribution >= 0.6 is 11.6 Å². The highest BCUT2D eigenvalue weighted by atomic mass is 35.5. The van der Waals surface area contributed by atoms with E-state index in [-0.39, 0.29) is 16.3 Å². The second kappa shape index (κ2) is 8.25. The summed E-state index contributed by atoms with van der Waals surface area (Å²) in [5.41, 5.74) is 1.52. The van der Waals surface area contributed by atoms with Gasteiger partial charge >= 0.3 is 0 Å².